The molecular weight excluding hydrogens is 392 g/mol. The van der Waals surface area contributed by atoms with Gasteiger partial charge in [-0.25, -0.2) is 28.1 Å². The predicted molar refractivity (Wildman–Crippen MR) is 111 cm³/mol. The number of hydrogen-bond acceptors (Lipinski definition) is 6. The molecule has 0 unspecified atom stereocenters. The third-order valence-corrected chi connectivity index (χ3v) is 4.25. The summed E-state index contributed by atoms with van der Waals surface area (Å²) in [6.07, 6.45) is 2.71. The van der Waals surface area contributed by atoms with Crippen LogP contribution in [0.4, 0.5) is 0 Å². The third-order valence-electron chi connectivity index (χ3n) is 4.25. The van der Waals surface area contributed by atoms with Crippen molar-refractivity contribution in [3.05, 3.63) is 80.5 Å². The average Bonchev–Trinajstić information content (AvgIpc) is 2.75. The van der Waals surface area contributed by atoms with Crippen LogP contribution in [0.25, 0.3) is 0 Å². The summed E-state index contributed by atoms with van der Waals surface area (Å²) >= 11 is 0. The van der Waals surface area contributed by atoms with Gasteiger partial charge in [-0.05, 0) is 17.7 Å². The molecule has 1 aromatic heterocycles. The van der Waals surface area contributed by atoms with E-state index in [9.17, 15) is 19.2 Å². The van der Waals surface area contributed by atoms with Crippen molar-refractivity contribution >= 4 is 5.91 Å². The minimum atomic E-state index is -0.883. The van der Waals surface area contributed by atoms with E-state index in [1.54, 1.807) is 18.2 Å². The molecule has 10 nitrogen and oxygen atoms in total. The highest BCUT2D eigenvalue weighted by atomic mass is 16.5. The summed E-state index contributed by atoms with van der Waals surface area (Å²) < 4.78 is 12.8. The van der Waals surface area contributed by atoms with Crippen molar-refractivity contribution < 1.29 is 14.3 Å². The molecule has 0 bridgehead atoms. The van der Waals surface area contributed by atoms with Crippen molar-refractivity contribution in [1.29, 1.82) is 0 Å². The van der Waals surface area contributed by atoms with Crippen LogP contribution in [0.5, 0.6) is 11.5 Å². The number of methoxy groups -OCH3 is 2. The lowest BCUT2D eigenvalue weighted by molar-refractivity contribution is -0.122. The van der Waals surface area contributed by atoms with Crippen LogP contribution in [-0.4, -0.2) is 33.8 Å². The van der Waals surface area contributed by atoms with E-state index in [1.807, 2.05) is 0 Å². The summed E-state index contributed by atoms with van der Waals surface area (Å²) in [6, 6.07) is 5.14. The third kappa shape index (κ3) is 4.77. The number of allylic oxidation sites excluding steroid dienone is 2. The van der Waals surface area contributed by atoms with Crippen molar-refractivity contribution in [1.82, 2.24) is 19.0 Å². The van der Waals surface area contributed by atoms with Crippen LogP contribution in [0.15, 0.2) is 57.9 Å². The fourth-order valence-electron chi connectivity index (χ4n) is 2.78. The van der Waals surface area contributed by atoms with E-state index in [0.29, 0.717) is 16.1 Å². The van der Waals surface area contributed by atoms with Crippen LogP contribution in [0.2, 0.25) is 0 Å². The molecule has 0 aliphatic heterocycles. The number of benzene rings is 1. The van der Waals surface area contributed by atoms with Crippen LogP contribution >= 0.6 is 0 Å². The summed E-state index contributed by atoms with van der Waals surface area (Å²) in [5.41, 5.74) is -1.82. The standard InChI is InChI=1S/C20H24N4O6/c1-5-9-22-18(26)23(10-6-2)20(28)24(19(22)27)13-17(25)21-12-14-7-8-15(29-3)16(11-14)30-4/h5-8,11H,1-2,9-10,12-13H2,3-4H3,(H,21,25). The highest BCUT2D eigenvalue weighted by molar-refractivity contribution is 5.75. The number of carbonyl (C=O) groups excluding carboxylic acids is 1. The van der Waals surface area contributed by atoms with Gasteiger partial charge in [0.05, 0.1) is 27.3 Å². The number of rotatable bonds is 10. The monoisotopic (exact) mass is 416 g/mol. The van der Waals surface area contributed by atoms with Gasteiger partial charge in [0.15, 0.2) is 11.5 Å². The fraction of sp³-hybridized carbons (Fsp3) is 0.300. The largest absolute Gasteiger partial charge is 0.493 e. The van der Waals surface area contributed by atoms with Gasteiger partial charge in [-0.3, -0.25) is 4.79 Å². The van der Waals surface area contributed by atoms with E-state index in [1.165, 1.54) is 26.4 Å². The first-order valence-corrected chi connectivity index (χ1v) is 9.01. The van der Waals surface area contributed by atoms with Gasteiger partial charge in [0.2, 0.25) is 5.91 Å². The molecule has 1 aromatic carbocycles. The first-order valence-electron chi connectivity index (χ1n) is 9.01. The molecule has 2 aromatic rings. The van der Waals surface area contributed by atoms with Crippen LogP contribution < -0.4 is 31.9 Å². The molecule has 0 saturated heterocycles. The van der Waals surface area contributed by atoms with E-state index in [4.69, 9.17) is 9.47 Å². The molecule has 0 spiro atoms. The summed E-state index contributed by atoms with van der Waals surface area (Å²) in [4.78, 5) is 49.8. The van der Waals surface area contributed by atoms with Gasteiger partial charge in [0.1, 0.15) is 6.54 Å². The van der Waals surface area contributed by atoms with E-state index in [0.717, 1.165) is 14.7 Å². The van der Waals surface area contributed by atoms with E-state index < -0.39 is 29.5 Å². The number of aromatic nitrogens is 3. The second kappa shape index (κ2) is 10.1. The number of nitrogens with zero attached hydrogens (tertiary/aromatic N) is 3. The number of amides is 1. The van der Waals surface area contributed by atoms with Gasteiger partial charge in [-0.2, -0.15) is 0 Å². The maximum atomic E-state index is 12.5. The van der Waals surface area contributed by atoms with Gasteiger partial charge in [0.25, 0.3) is 0 Å². The Morgan fingerprint density at radius 1 is 0.933 bits per heavy atom. The quantitative estimate of drug-likeness (QED) is 0.540. The van der Waals surface area contributed by atoms with Crippen molar-refractivity contribution in [2.24, 2.45) is 0 Å². The van der Waals surface area contributed by atoms with Crippen molar-refractivity contribution in [2.75, 3.05) is 14.2 Å². The SMILES string of the molecule is C=CCn1c(=O)n(CC=C)c(=O)n(CC(=O)NCc2ccc(OC)c(OC)c2)c1=O. The molecule has 0 aliphatic rings. The fourth-order valence-corrected chi connectivity index (χ4v) is 2.78. The van der Waals surface area contributed by atoms with Crippen LogP contribution in [0, 0.1) is 0 Å². The smallest absolute Gasteiger partial charge is 0.337 e. The molecular formula is C20H24N4O6. The van der Waals surface area contributed by atoms with Crippen molar-refractivity contribution in [3.8, 4) is 11.5 Å². The average molecular weight is 416 g/mol. The topological polar surface area (TPSA) is 114 Å². The van der Waals surface area contributed by atoms with Crippen LogP contribution in [-0.2, 0) is 31.0 Å². The molecule has 0 fully saturated rings. The van der Waals surface area contributed by atoms with E-state index in [-0.39, 0.29) is 19.6 Å². The lowest BCUT2D eigenvalue weighted by Gasteiger charge is -2.13. The molecule has 1 heterocycles. The first kappa shape index (κ1) is 22.5. The second-order valence-corrected chi connectivity index (χ2v) is 6.20. The Morgan fingerprint density at radius 3 is 1.97 bits per heavy atom. The molecule has 1 amide bonds. The molecule has 30 heavy (non-hydrogen) atoms. The second-order valence-electron chi connectivity index (χ2n) is 6.20. The number of ether oxygens (including phenoxy) is 2. The minimum Gasteiger partial charge on any atom is -0.493 e. The van der Waals surface area contributed by atoms with Gasteiger partial charge < -0.3 is 14.8 Å². The lowest BCUT2D eigenvalue weighted by atomic mass is 10.2. The maximum absolute atomic E-state index is 12.5. The maximum Gasteiger partial charge on any atom is 0.337 e. The highest BCUT2D eigenvalue weighted by Crippen LogP contribution is 2.27. The Hall–Kier alpha value is -3.82. The molecule has 0 aliphatic carbocycles. The van der Waals surface area contributed by atoms with E-state index >= 15 is 0 Å². The van der Waals surface area contributed by atoms with Crippen molar-refractivity contribution in [3.63, 3.8) is 0 Å². The lowest BCUT2D eigenvalue weighted by Crippen LogP contribution is -2.55. The Morgan fingerprint density at radius 2 is 1.47 bits per heavy atom. The first-order chi connectivity index (χ1) is 14.4. The van der Waals surface area contributed by atoms with Gasteiger partial charge >= 0.3 is 17.1 Å². The van der Waals surface area contributed by atoms with Crippen LogP contribution in [0.1, 0.15) is 5.56 Å². The summed E-state index contributed by atoms with van der Waals surface area (Å²) in [6.45, 7) is 6.41. The minimum absolute atomic E-state index is 0.0949. The van der Waals surface area contributed by atoms with E-state index in [2.05, 4.69) is 18.5 Å². The molecule has 0 atom stereocenters. The number of carbonyl (C=O) groups is 1. The summed E-state index contributed by atoms with van der Waals surface area (Å²) in [5.74, 6) is 0.480. The Balaban J connectivity index is 2.27. The molecule has 1 N–H and O–H groups in total. The Kier molecular flexibility index (Phi) is 7.56. The number of nitrogens with one attached hydrogen (secondary N) is 1. The molecule has 2 rings (SSSR count). The van der Waals surface area contributed by atoms with Crippen LogP contribution in [0.3, 0.4) is 0 Å². The predicted octanol–water partition coefficient (Wildman–Crippen LogP) is -0.123. The van der Waals surface area contributed by atoms with Crippen molar-refractivity contribution in [2.45, 2.75) is 26.2 Å². The Bertz CT molecular complexity index is 1080. The zero-order chi connectivity index (χ0) is 22.3. The Labute approximate surface area is 172 Å². The van der Waals surface area contributed by atoms with Gasteiger partial charge in [0, 0.05) is 6.54 Å². The summed E-state index contributed by atoms with van der Waals surface area (Å²) in [7, 11) is 3.01. The normalized spacial score (nSPS) is 10.3. The summed E-state index contributed by atoms with van der Waals surface area (Å²) in [5, 5.41) is 2.64. The van der Waals surface area contributed by atoms with Gasteiger partial charge in [-0.15, -0.1) is 13.2 Å². The highest BCUT2D eigenvalue weighted by Gasteiger charge is 2.16. The van der Waals surface area contributed by atoms with Gasteiger partial charge in [-0.1, -0.05) is 18.2 Å². The molecule has 160 valence electrons. The molecule has 0 radical (unpaired) electrons. The zero-order valence-corrected chi connectivity index (χ0v) is 16.9. The molecule has 0 saturated carbocycles. The number of hydrogen-bond donors (Lipinski definition) is 1. The molecule has 10 heteroatoms. The zero-order valence-electron chi connectivity index (χ0n) is 16.9.